The fraction of sp³-hybridized carbons (Fsp3) is 0.778. The van der Waals surface area contributed by atoms with E-state index in [0.717, 1.165) is 44.8 Å². The molecule has 128 valence electrons. The van der Waals surface area contributed by atoms with Crippen LogP contribution in [-0.2, 0) is 9.59 Å². The van der Waals surface area contributed by atoms with E-state index < -0.39 is 5.97 Å². The third kappa shape index (κ3) is 12.4. The summed E-state index contributed by atoms with van der Waals surface area (Å²) in [7, 11) is 0. The maximum Gasteiger partial charge on any atom is 0.328 e. The number of aliphatic carboxylic acids is 1. The molecule has 0 rings (SSSR count). The molecule has 0 saturated carbocycles. The first-order valence-corrected chi connectivity index (χ1v) is 8.81. The first-order chi connectivity index (χ1) is 10.6. The number of hydrogen-bond donors (Lipinski definition) is 1. The number of amides is 1. The highest BCUT2D eigenvalue weighted by molar-refractivity contribution is 5.93. The number of carboxylic acids is 1. The second kappa shape index (κ2) is 14.6. The summed E-state index contributed by atoms with van der Waals surface area (Å²) in [5.74, 6) is -1.24. The average Bonchev–Trinajstić information content (AvgIpc) is 2.50. The summed E-state index contributed by atoms with van der Waals surface area (Å²) >= 11 is 0. The Balaban J connectivity index is 4.17. The van der Waals surface area contributed by atoms with Crippen molar-refractivity contribution in [2.24, 2.45) is 0 Å². The normalized spacial score (nSPS) is 11.0. The van der Waals surface area contributed by atoms with E-state index in [4.69, 9.17) is 5.11 Å². The largest absolute Gasteiger partial charge is 0.478 e. The summed E-state index contributed by atoms with van der Waals surface area (Å²) in [5, 5.41) is 8.63. The van der Waals surface area contributed by atoms with Gasteiger partial charge in [0.05, 0.1) is 0 Å². The molecule has 22 heavy (non-hydrogen) atoms. The van der Waals surface area contributed by atoms with Gasteiger partial charge in [-0.25, -0.2) is 4.79 Å². The summed E-state index contributed by atoms with van der Waals surface area (Å²) in [5.41, 5.74) is 0. The molecule has 0 aromatic carbocycles. The van der Waals surface area contributed by atoms with Crippen LogP contribution >= 0.6 is 0 Å². The van der Waals surface area contributed by atoms with Gasteiger partial charge in [0, 0.05) is 25.2 Å². The van der Waals surface area contributed by atoms with Gasteiger partial charge in [-0.15, -0.1) is 0 Å². The minimum Gasteiger partial charge on any atom is -0.478 e. The molecule has 1 N–H and O–H groups in total. The molecule has 1 amide bonds. The topological polar surface area (TPSA) is 57.6 Å². The van der Waals surface area contributed by atoms with E-state index >= 15 is 0 Å². The molecule has 0 aliphatic heterocycles. The number of carbonyl (C=O) groups excluding carboxylic acids is 1. The monoisotopic (exact) mass is 311 g/mol. The highest BCUT2D eigenvalue weighted by atomic mass is 16.4. The van der Waals surface area contributed by atoms with Crippen LogP contribution < -0.4 is 0 Å². The van der Waals surface area contributed by atoms with Crippen molar-refractivity contribution in [1.29, 1.82) is 0 Å². The van der Waals surface area contributed by atoms with Crippen molar-refractivity contribution in [1.82, 2.24) is 4.90 Å². The summed E-state index contributed by atoms with van der Waals surface area (Å²) in [6.45, 7) is 5.84. The zero-order chi connectivity index (χ0) is 16.6. The van der Waals surface area contributed by atoms with Gasteiger partial charge in [-0.1, -0.05) is 65.2 Å². The number of unbranched alkanes of at least 4 members (excludes halogenated alkanes) is 8. The van der Waals surface area contributed by atoms with Gasteiger partial charge in [-0.2, -0.15) is 0 Å². The lowest BCUT2D eigenvalue weighted by Crippen LogP contribution is -2.31. The van der Waals surface area contributed by atoms with Crippen LogP contribution in [0.25, 0.3) is 0 Å². The molecular formula is C18H33NO3. The molecule has 0 aromatic rings. The minimum atomic E-state index is -1.07. The van der Waals surface area contributed by atoms with Crippen molar-refractivity contribution in [2.45, 2.75) is 78.1 Å². The molecule has 0 radical (unpaired) electrons. The van der Waals surface area contributed by atoms with Gasteiger partial charge in [-0.05, 0) is 12.8 Å². The molecule has 4 nitrogen and oxygen atoms in total. The molecular weight excluding hydrogens is 278 g/mol. The molecule has 0 atom stereocenters. The smallest absolute Gasteiger partial charge is 0.328 e. The fourth-order valence-electron chi connectivity index (χ4n) is 2.39. The Hall–Kier alpha value is -1.32. The van der Waals surface area contributed by atoms with E-state index in [2.05, 4.69) is 13.8 Å². The standard InChI is InChI=1S/C18H33NO3/c1-3-5-7-9-11-15-19(16-12-10-8-6-4-2)17(20)13-14-18(21)22/h13-14H,3-12,15-16H2,1-2H3,(H,21,22)/b14-13+. The molecule has 0 fully saturated rings. The zero-order valence-corrected chi connectivity index (χ0v) is 14.4. The van der Waals surface area contributed by atoms with Crippen LogP contribution in [0.5, 0.6) is 0 Å². The van der Waals surface area contributed by atoms with E-state index in [1.807, 2.05) is 0 Å². The highest BCUT2D eigenvalue weighted by Crippen LogP contribution is 2.08. The van der Waals surface area contributed by atoms with Crippen LogP contribution in [0.1, 0.15) is 78.1 Å². The lowest BCUT2D eigenvalue weighted by molar-refractivity contribution is -0.132. The van der Waals surface area contributed by atoms with Crippen molar-refractivity contribution >= 4 is 11.9 Å². The van der Waals surface area contributed by atoms with Gasteiger partial charge in [0.15, 0.2) is 0 Å². The number of carboxylic acid groups (broad SMARTS) is 1. The molecule has 0 unspecified atom stereocenters. The molecule has 0 aliphatic rings. The van der Waals surface area contributed by atoms with Crippen LogP contribution in [0.4, 0.5) is 0 Å². The first kappa shape index (κ1) is 20.7. The minimum absolute atomic E-state index is 0.173. The van der Waals surface area contributed by atoms with Gasteiger partial charge in [0.25, 0.3) is 0 Å². The predicted octanol–water partition coefficient (Wildman–Crippen LogP) is 4.40. The number of carbonyl (C=O) groups is 2. The van der Waals surface area contributed by atoms with Gasteiger partial charge in [-0.3, -0.25) is 4.79 Å². The highest BCUT2D eigenvalue weighted by Gasteiger charge is 2.10. The van der Waals surface area contributed by atoms with Crippen molar-refractivity contribution in [3.8, 4) is 0 Å². The third-order valence-corrected chi connectivity index (χ3v) is 3.74. The Kier molecular flexibility index (Phi) is 13.7. The summed E-state index contributed by atoms with van der Waals surface area (Å²) in [6, 6.07) is 0. The summed E-state index contributed by atoms with van der Waals surface area (Å²) in [4.78, 5) is 24.4. The van der Waals surface area contributed by atoms with Crippen molar-refractivity contribution in [3.63, 3.8) is 0 Å². The van der Waals surface area contributed by atoms with E-state index in [1.54, 1.807) is 4.90 Å². The van der Waals surface area contributed by atoms with E-state index in [-0.39, 0.29) is 5.91 Å². The quantitative estimate of drug-likeness (QED) is 0.382. The predicted molar refractivity (Wildman–Crippen MR) is 90.9 cm³/mol. The van der Waals surface area contributed by atoms with Crippen LogP contribution in [-0.4, -0.2) is 35.0 Å². The van der Waals surface area contributed by atoms with Crippen LogP contribution in [0.15, 0.2) is 12.2 Å². The molecule has 0 bridgehead atoms. The Morgan fingerprint density at radius 1 is 0.773 bits per heavy atom. The Morgan fingerprint density at radius 2 is 1.23 bits per heavy atom. The van der Waals surface area contributed by atoms with Crippen LogP contribution in [0.2, 0.25) is 0 Å². The van der Waals surface area contributed by atoms with E-state index in [0.29, 0.717) is 0 Å². The summed E-state index contributed by atoms with van der Waals surface area (Å²) in [6.07, 6.45) is 13.7. The van der Waals surface area contributed by atoms with Crippen molar-refractivity contribution < 1.29 is 14.7 Å². The number of nitrogens with zero attached hydrogens (tertiary/aromatic N) is 1. The first-order valence-electron chi connectivity index (χ1n) is 8.81. The molecule has 4 heteroatoms. The third-order valence-electron chi connectivity index (χ3n) is 3.74. The lowest BCUT2D eigenvalue weighted by atomic mass is 10.1. The van der Waals surface area contributed by atoms with Gasteiger partial charge >= 0.3 is 5.97 Å². The van der Waals surface area contributed by atoms with Crippen LogP contribution in [0, 0.1) is 0 Å². The Labute approximate surface area is 135 Å². The maximum absolute atomic E-state index is 12.1. The van der Waals surface area contributed by atoms with E-state index in [9.17, 15) is 9.59 Å². The summed E-state index contributed by atoms with van der Waals surface area (Å²) < 4.78 is 0. The fourth-order valence-corrected chi connectivity index (χ4v) is 2.39. The lowest BCUT2D eigenvalue weighted by Gasteiger charge is -2.21. The average molecular weight is 311 g/mol. The van der Waals surface area contributed by atoms with Gasteiger partial charge in [0.2, 0.25) is 5.91 Å². The SMILES string of the molecule is CCCCCCCN(CCCCCCC)C(=O)/C=C/C(=O)O. The molecule has 0 heterocycles. The molecule has 0 aliphatic carbocycles. The molecule has 0 aromatic heterocycles. The number of hydrogen-bond acceptors (Lipinski definition) is 2. The number of rotatable bonds is 14. The van der Waals surface area contributed by atoms with Gasteiger partial charge in [0.1, 0.15) is 0 Å². The second-order valence-corrected chi connectivity index (χ2v) is 5.83. The van der Waals surface area contributed by atoms with Crippen LogP contribution in [0.3, 0.4) is 0 Å². The molecule has 0 spiro atoms. The van der Waals surface area contributed by atoms with Gasteiger partial charge < -0.3 is 10.0 Å². The maximum atomic E-state index is 12.1. The molecule has 0 saturated heterocycles. The van der Waals surface area contributed by atoms with Crippen molar-refractivity contribution in [2.75, 3.05) is 13.1 Å². The zero-order valence-electron chi connectivity index (χ0n) is 14.4. The Morgan fingerprint density at radius 3 is 1.64 bits per heavy atom. The second-order valence-electron chi connectivity index (χ2n) is 5.83. The van der Waals surface area contributed by atoms with E-state index in [1.165, 1.54) is 44.6 Å². The van der Waals surface area contributed by atoms with Crippen molar-refractivity contribution in [3.05, 3.63) is 12.2 Å². The Bertz CT molecular complexity index is 312.